The Morgan fingerprint density at radius 1 is 1.10 bits per heavy atom. The van der Waals surface area contributed by atoms with Crippen LogP contribution in [-0.2, 0) is 6.42 Å². The van der Waals surface area contributed by atoms with Crippen LogP contribution < -0.4 is 9.64 Å². The Kier molecular flexibility index (Phi) is 6.57. The Bertz CT molecular complexity index is 1040. The van der Waals surface area contributed by atoms with E-state index in [9.17, 15) is 13.2 Å². The van der Waals surface area contributed by atoms with Gasteiger partial charge < -0.3 is 14.2 Å². The fraction of sp³-hybridized carbons (Fsp3) is 0.286. The van der Waals surface area contributed by atoms with E-state index < -0.39 is 17.3 Å². The highest BCUT2D eigenvalue weighted by molar-refractivity contribution is 8.12. The number of anilines is 1. The monoisotopic (exact) mass is 450 g/mol. The first-order chi connectivity index (χ1) is 15.0. The van der Waals surface area contributed by atoms with Crippen molar-refractivity contribution in [2.75, 3.05) is 31.1 Å². The summed E-state index contributed by atoms with van der Waals surface area (Å²) >= 11 is 0. The van der Waals surface area contributed by atoms with E-state index in [-0.39, 0.29) is 11.6 Å². The second-order valence-electron chi connectivity index (χ2n) is 6.93. The number of benzene rings is 2. The SMILES string of the molecule is C=S(c1ccc(OC(F)F)cc1)N1CCN(c2nc(Cc3cccc(F)c3)no2)CC1. The van der Waals surface area contributed by atoms with Crippen molar-refractivity contribution in [3.05, 3.63) is 65.7 Å². The minimum Gasteiger partial charge on any atom is -0.435 e. The summed E-state index contributed by atoms with van der Waals surface area (Å²) < 4.78 is 49.9. The second kappa shape index (κ2) is 9.52. The first-order valence-electron chi connectivity index (χ1n) is 9.64. The van der Waals surface area contributed by atoms with E-state index in [2.05, 4.69) is 25.1 Å². The highest BCUT2D eigenvalue weighted by Gasteiger charge is 2.23. The molecule has 164 valence electrons. The van der Waals surface area contributed by atoms with Gasteiger partial charge >= 0.3 is 12.6 Å². The van der Waals surface area contributed by atoms with E-state index in [0.29, 0.717) is 31.3 Å². The zero-order chi connectivity index (χ0) is 21.8. The van der Waals surface area contributed by atoms with Gasteiger partial charge in [-0.2, -0.15) is 13.8 Å². The molecule has 1 aliphatic heterocycles. The third-order valence-corrected chi connectivity index (χ3v) is 6.66. The third kappa shape index (κ3) is 5.45. The molecule has 2 heterocycles. The van der Waals surface area contributed by atoms with Crippen molar-refractivity contribution in [2.24, 2.45) is 0 Å². The van der Waals surface area contributed by atoms with E-state index in [1.165, 1.54) is 24.3 Å². The summed E-state index contributed by atoms with van der Waals surface area (Å²) in [7, 11) is -0.424. The molecule has 1 fully saturated rings. The van der Waals surface area contributed by atoms with Crippen LogP contribution >= 0.6 is 10.7 Å². The van der Waals surface area contributed by atoms with Gasteiger partial charge in [0.25, 0.3) is 0 Å². The van der Waals surface area contributed by atoms with Gasteiger partial charge in [-0.05, 0) is 42.0 Å². The maximum atomic E-state index is 13.3. The summed E-state index contributed by atoms with van der Waals surface area (Å²) in [6.45, 7) is 0.0175. The number of hydrogen-bond acceptors (Lipinski definition) is 6. The molecular formula is C21H21F3N4O2S. The Morgan fingerprint density at radius 2 is 1.84 bits per heavy atom. The van der Waals surface area contributed by atoms with Gasteiger partial charge in [0.15, 0.2) is 5.82 Å². The lowest BCUT2D eigenvalue weighted by atomic mass is 10.1. The molecular weight excluding hydrogens is 429 g/mol. The van der Waals surface area contributed by atoms with Crippen LogP contribution in [0.2, 0.25) is 0 Å². The van der Waals surface area contributed by atoms with Crippen molar-refractivity contribution in [1.29, 1.82) is 0 Å². The summed E-state index contributed by atoms with van der Waals surface area (Å²) in [5.41, 5.74) is 0.781. The predicted molar refractivity (Wildman–Crippen MR) is 113 cm³/mol. The average Bonchev–Trinajstić information content (AvgIpc) is 3.22. The van der Waals surface area contributed by atoms with Crippen LogP contribution in [0.3, 0.4) is 0 Å². The first-order valence-corrected chi connectivity index (χ1v) is 11.0. The molecule has 0 amide bonds. The molecule has 4 rings (SSSR count). The summed E-state index contributed by atoms with van der Waals surface area (Å²) in [6, 6.07) is 13.3. The minimum absolute atomic E-state index is 0.131. The molecule has 1 unspecified atom stereocenters. The molecule has 1 atom stereocenters. The molecule has 10 heteroatoms. The smallest absolute Gasteiger partial charge is 0.387 e. The normalized spacial score (nSPS) is 15.9. The van der Waals surface area contributed by atoms with Crippen molar-refractivity contribution in [1.82, 2.24) is 14.4 Å². The van der Waals surface area contributed by atoms with Gasteiger partial charge in [-0.25, -0.2) is 8.70 Å². The Balaban J connectivity index is 1.32. The van der Waals surface area contributed by atoms with Gasteiger partial charge in [-0.15, -0.1) is 0 Å². The molecule has 0 aliphatic carbocycles. The molecule has 2 aromatic carbocycles. The molecule has 6 nitrogen and oxygen atoms in total. The highest BCUT2D eigenvalue weighted by Crippen LogP contribution is 2.32. The maximum Gasteiger partial charge on any atom is 0.387 e. The highest BCUT2D eigenvalue weighted by atomic mass is 32.2. The van der Waals surface area contributed by atoms with Crippen LogP contribution in [-0.4, -0.2) is 53.1 Å². The van der Waals surface area contributed by atoms with Crippen LogP contribution in [0.1, 0.15) is 11.4 Å². The van der Waals surface area contributed by atoms with Crippen molar-refractivity contribution in [3.8, 4) is 5.75 Å². The molecule has 0 spiro atoms. The van der Waals surface area contributed by atoms with Crippen LogP contribution in [0.5, 0.6) is 5.75 Å². The van der Waals surface area contributed by atoms with Gasteiger partial charge in [0.05, 0.1) is 0 Å². The van der Waals surface area contributed by atoms with Crippen molar-refractivity contribution in [3.63, 3.8) is 0 Å². The van der Waals surface area contributed by atoms with Crippen molar-refractivity contribution in [2.45, 2.75) is 17.9 Å². The quantitative estimate of drug-likeness (QED) is 0.503. The minimum atomic E-state index is -2.84. The van der Waals surface area contributed by atoms with Gasteiger partial charge in [-0.1, -0.05) is 33.8 Å². The predicted octanol–water partition coefficient (Wildman–Crippen LogP) is 4.20. The van der Waals surface area contributed by atoms with Crippen LogP contribution in [0, 0.1) is 5.82 Å². The third-order valence-electron chi connectivity index (χ3n) is 4.85. The Hall–Kier alpha value is -2.85. The average molecular weight is 450 g/mol. The summed E-state index contributed by atoms with van der Waals surface area (Å²) in [6.07, 6.45) is 0.398. The van der Waals surface area contributed by atoms with Gasteiger partial charge in [-0.3, -0.25) is 0 Å². The molecule has 3 aromatic rings. The van der Waals surface area contributed by atoms with Crippen LogP contribution in [0.25, 0.3) is 0 Å². The lowest BCUT2D eigenvalue weighted by Gasteiger charge is -2.35. The topological polar surface area (TPSA) is 54.6 Å². The lowest BCUT2D eigenvalue weighted by Crippen LogP contribution is -2.44. The number of rotatable bonds is 7. The number of aromatic nitrogens is 2. The van der Waals surface area contributed by atoms with E-state index in [0.717, 1.165) is 23.5 Å². The van der Waals surface area contributed by atoms with E-state index in [1.54, 1.807) is 18.2 Å². The molecule has 0 N–H and O–H groups in total. The van der Waals surface area contributed by atoms with Crippen molar-refractivity contribution >= 4 is 22.6 Å². The molecule has 0 bridgehead atoms. The standard InChI is InChI=1S/C21H21F3N4O2S/c1-31(18-7-5-17(6-8-18)29-20(23)24)28-11-9-27(10-12-28)21-25-19(26-30-21)14-15-3-2-4-16(22)13-15/h2-8,13,20H,1,9-12,14H2. The largest absolute Gasteiger partial charge is 0.435 e. The number of piperazine rings is 1. The number of nitrogens with zero attached hydrogens (tertiary/aromatic N) is 4. The molecule has 31 heavy (non-hydrogen) atoms. The van der Waals surface area contributed by atoms with Gasteiger partial charge in [0, 0.05) is 37.5 Å². The molecule has 0 saturated carbocycles. The first kappa shape index (κ1) is 21.4. The van der Waals surface area contributed by atoms with Crippen molar-refractivity contribution < 1.29 is 22.4 Å². The van der Waals surface area contributed by atoms with E-state index >= 15 is 0 Å². The number of ether oxygens (including phenoxy) is 1. The van der Waals surface area contributed by atoms with E-state index in [4.69, 9.17) is 4.52 Å². The molecule has 1 aliphatic rings. The Morgan fingerprint density at radius 3 is 2.52 bits per heavy atom. The Labute approximate surface area is 180 Å². The van der Waals surface area contributed by atoms with Crippen LogP contribution in [0.4, 0.5) is 19.2 Å². The zero-order valence-electron chi connectivity index (χ0n) is 16.6. The lowest BCUT2D eigenvalue weighted by molar-refractivity contribution is -0.0498. The number of hydrogen-bond donors (Lipinski definition) is 0. The molecule has 1 aromatic heterocycles. The van der Waals surface area contributed by atoms with Gasteiger partial charge in [0.2, 0.25) is 0 Å². The molecule has 1 saturated heterocycles. The summed E-state index contributed by atoms with van der Waals surface area (Å²) in [5.74, 6) is 4.58. The van der Waals surface area contributed by atoms with E-state index in [1.807, 2.05) is 11.0 Å². The fourth-order valence-corrected chi connectivity index (χ4v) is 4.65. The molecule has 0 radical (unpaired) electrons. The fourth-order valence-electron chi connectivity index (χ4n) is 3.30. The van der Waals surface area contributed by atoms with Gasteiger partial charge in [0.1, 0.15) is 11.6 Å². The maximum absolute atomic E-state index is 13.3. The number of alkyl halides is 2. The summed E-state index contributed by atoms with van der Waals surface area (Å²) in [4.78, 5) is 7.40. The van der Waals surface area contributed by atoms with Crippen LogP contribution in [0.15, 0.2) is 57.9 Å². The number of halogens is 3. The summed E-state index contributed by atoms with van der Waals surface area (Å²) in [5, 5.41) is 4.01. The second-order valence-corrected chi connectivity index (χ2v) is 8.65. The zero-order valence-corrected chi connectivity index (χ0v) is 17.4.